The van der Waals surface area contributed by atoms with Gasteiger partial charge in [-0.15, -0.1) is 0 Å². The average molecular weight is 258 g/mol. The van der Waals surface area contributed by atoms with Crippen molar-refractivity contribution in [2.45, 2.75) is 31.1 Å². The molecule has 1 aromatic carbocycles. The first kappa shape index (κ1) is 12.7. The van der Waals surface area contributed by atoms with E-state index in [2.05, 4.69) is 0 Å². The first-order chi connectivity index (χ1) is 8.14. The van der Waals surface area contributed by atoms with Gasteiger partial charge < -0.3 is 10.5 Å². The molecule has 0 atom stereocenters. The number of rotatable bonds is 3. The second-order valence-electron chi connectivity index (χ2n) is 4.63. The highest BCUT2D eigenvalue weighted by Crippen LogP contribution is 2.47. The van der Waals surface area contributed by atoms with Crippen LogP contribution in [0.25, 0.3) is 0 Å². The Kier molecular flexibility index (Phi) is 3.59. The molecule has 1 aromatic rings. The van der Waals surface area contributed by atoms with Gasteiger partial charge in [0.15, 0.2) is 0 Å². The Morgan fingerprint density at radius 3 is 2.59 bits per heavy atom. The summed E-state index contributed by atoms with van der Waals surface area (Å²) in [4.78, 5) is 0. The summed E-state index contributed by atoms with van der Waals surface area (Å²) in [5, 5.41) is 0.448. The van der Waals surface area contributed by atoms with Gasteiger partial charge in [0.1, 0.15) is 11.6 Å². The molecule has 0 heterocycles. The fourth-order valence-corrected chi connectivity index (χ4v) is 3.07. The van der Waals surface area contributed by atoms with Crippen LogP contribution in [-0.4, -0.2) is 13.7 Å². The van der Waals surface area contributed by atoms with Gasteiger partial charge in [0, 0.05) is 17.5 Å². The molecule has 0 amide bonds. The van der Waals surface area contributed by atoms with Crippen molar-refractivity contribution < 1.29 is 9.13 Å². The van der Waals surface area contributed by atoms with Gasteiger partial charge in [0.05, 0.1) is 12.1 Å². The van der Waals surface area contributed by atoms with E-state index in [1.807, 2.05) is 0 Å². The van der Waals surface area contributed by atoms with E-state index in [-0.39, 0.29) is 11.2 Å². The lowest BCUT2D eigenvalue weighted by molar-refractivity contribution is 0.364. The molecule has 4 heteroatoms. The van der Waals surface area contributed by atoms with Gasteiger partial charge in [-0.3, -0.25) is 0 Å². The molecule has 0 saturated heterocycles. The average Bonchev–Trinajstić information content (AvgIpc) is 2.81. The highest BCUT2D eigenvalue weighted by molar-refractivity contribution is 6.32. The van der Waals surface area contributed by atoms with E-state index < -0.39 is 0 Å². The summed E-state index contributed by atoms with van der Waals surface area (Å²) in [6, 6.07) is 2.92. The molecule has 17 heavy (non-hydrogen) atoms. The molecule has 2 N–H and O–H groups in total. The third-order valence-electron chi connectivity index (χ3n) is 3.74. The van der Waals surface area contributed by atoms with Crippen molar-refractivity contribution in [3.05, 3.63) is 28.5 Å². The summed E-state index contributed by atoms with van der Waals surface area (Å²) in [7, 11) is 1.52. The van der Waals surface area contributed by atoms with E-state index in [1.165, 1.54) is 19.2 Å². The number of benzene rings is 1. The summed E-state index contributed by atoms with van der Waals surface area (Å²) in [5.74, 6) is 0.178. The molecule has 0 unspecified atom stereocenters. The predicted molar refractivity (Wildman–Crippen MR) is 67.2 cm³/mol. The lowest BCUT2D eigenvalue weighted by atomic mass is 9.78. The smallest absolute Gasteiger partial charge is 0.144 e. The minimum Gasteiger partial charge on any atom is -0.495 e. The molecule has 1 aliphatic carbocycles. The van der Waals surface area contributed by atoms with Crippen molar-refractivity contribution in [2.24, 2.45) is 5.73 Å². The van der Waals surface area contributed by atoms with Crippen molar-refractivity contribution in [3.63, 3.8) is 0 Å². The van der Waals surface area contributed by atoms with E-state index in [1.54, 1.807) is 0 Å². The molecule has 1 aliphatic rings. The standard InChI is InChI=1S/C13H17ClFNO/c1-17-12-9(14)4-5-10(15)11(12)13(8-16)6-2-3-7-13/h4-5H,2-3,6-8,16H2,1H3. The maximum absolute atomic E-state index is 14.1. The number of methoxy groups -OCH3 is 1. The second kappa shape index (κ2) is 4.83. The van der Waals surface area contributed by atoms with Gasteiger partial charge in [-0.2, -0.15) is 0 Å². The summed E-state index contributed by atoms with van der Waals surface area (Å²) in [5.41, 5.74) is 6.14. The molecule has 2 nitrogen and oxygen atoms in total. The normalized spacial score (nSPS) is 18.4. The Balaban J connectivity index is 2.60. The topological polar surface area (TPSA) is 35.2 Å². The second-order valence-corrected chi connectivity index (χ2v) is 5.04. The molecule has 1 fully saturated rings. The molecule has 1 saturated carbocycles. The molecule has 0 aromatic heterocycles. The van der Waals surface area contributed by atoms with Crippen LogP contribution in [-0.2, 0) is 5.41 Å². The van der Waals surface area contributed by atoms with E-state index >= 15 is 0 Å². The molecule has 0 radical (unpaired) electrons. The Morgan fingerprint density at radius 1 is 1.41 bits per heavy atom. The van der Waals surface area contributed by atoms with Gasteiger partial charge in [-0.05, 0) is 25.0 Å². The van der Waals surface area contributed by atoms with Crippen molar-refractivity contribution in [3.8, 4) is 5.75 Å². The van der Waals surface area contributed by atoms with Crippen LogP contribution in [0, 0.1) is 5.82 Å². The maximum atomic E-state index is 14.1. The first-order valence-electron chi connectivity index (χ1n) is 5.87. The fraction of sp³-hybridized carbons (Fsp3) is 0.538. The van der Waals surface area contributed by atoms with Crippen molar-refractivity contribution in [2.75, 3.05) is 13.7 Å². The van der Waals surface area contributed by atoms with Crippen LogP contribution in [0.2, 0.25) is 5.02 Å². The third kappa shape index (κ3) is 2.02. The fourth-order valence-electron chi connectivity index (χ4n) is 2.83. The Morgan fingerprint density at radius 2 is 2.06 bits per heavy atom. The van der Waals surface area contributed by atoms with Crippen LogP contribution < -0.4 is 10.5 Å². The molecule has 0 aliphatic heterocycles. The minimum absolute atomic E-state index is 0.265. The lowest BCUT2D eigenvalue weighted by Crippen LogP contribution is -2.33. The number of halogens is 2. The van der Waals surface area contributed by atoms with Crippen LogP contribution in [0.3, 0.4) is 0 Å². The zero-order valence-electron chi connectivity index (χ0n) is 9.93. The zero-order valence-corrected chi connectivity index (χ0v) is 10.7. The highest BCUT2D eigenvalue weighted by atomic mass is 35.5. The van der Waals surface area contributed by atoms with Gasteiger partial charge in [0.25, 0.3) is 0 Å². The molecular weight excluding hydrogens is 241 g/mol. The quantitative estimate of drug-likeness (QED) is 0.902. The number of hydrogen-bond donors (Lipinski definition) is 1. The summed E-state index contributed by atoms with van der Waals surface area (Å²) >= 11 is 6.07. The lowest BCUT2D eigenvalue weighted by Gasteiger charge is -2.30. The van der Waals surface area contributed by atoms with Crippen molar-refractivity contribution in [1.82, 2.24) is 0 Å². The van der Waals surface area contributed by atoms with E-state index in [4.69, 9.17) is 22.1 Å². The molecule has 94 valence electrons. The Bertz CT molecular complexity index is 416. The number of nitrogens with two attached hydrogens (primary N) is 1. The molecular formula is C13H17ClFNO. The van der Waals surface area contributed by atoms with E-state index in [9.17, 15) is 4.39 Å². The maximum Gasteiger partial charge on any atom is 0.144 e. The summed E-state index contributed by atoms with van der Waals surface area (Å²) in [6.07, 6.45) is 3.95. The summed E-state index contributed by atoms with van der Waals surface area (Å²) in [6.45, 7) is 0.431. The number of ether oxygens (including phenoxy) is 1. The molecule has 2 rings (SSSR count). The predicted octanol–water partition coefficient (Wildman–Crippen LogP) is 3.26. The first-order valence-corrected chi connectivity index (χ1v) is 6.25. The Labute approximate surface area is 106 Å². The number of hydrogen-bond acceptors (Lipinski definition) is 2. The van der Waals surface area contributed by atoms with Crippen molar-refractivity contribution >= 4 is 11.6 Å². The Hall–Kier alpha value is -0.800. The third-order valence-corrected chi connectivity index (χ3v) is 4.04. The van der Waals surface area contributed by atoms with Crippen LogP contribution in [0.4, 0.5) is 4.39 Å². The molecule has 0 bridgehead atoms. The van der Waals surface area contributed by atoms with Gasteiger partial charge in [0.2, 0.25) is 0 Å². The monoisotopic (exact) mass is 257 g/mol. The van der Waals surface area contributed by atoms with Crippen LogP contribution in [0.15, 0.2) is 12.1 Å². The van der Waals surface area contributed by atoms with Crippen molar-refractivity contribution in [1.29, 1.82) is 0 Å². The van der Waals surface area contributed by atoms with E-state index in [0.29, 0.717) is 22.9 Å². The van der Waals surface area contributed by atoms with Crippen LogP contribution in [0.5, 0.6) is 5.75 Å². The van der Waals surface area contributed by atoms with Crippen LogP contribution >= 0.6 is 11.6 Å². The highest BCUT2D eigenvalue weighted by Gasteiger charge is 2.39. The van der Waals surface area contributed by atoms with Gasteiger partial charge >= 0.3 is 0 Å². The van der Waals surface area contributed by atoms with Gasteiger partial charge in [-0.1, -0.05) is 24.4 Å². The van der Waals surface area contributed by atoms with E-state index in [0.717, 1.165) is 25.7 Å². The SMILES string of the molecule is COc1c(Cl)ccc(F)c1C1(CN)CCCC1. The largest absolute Gasteiger partial charge is 0.495 e. The minimum atomic E-state index is -0.305. The van der Waals surface area contributed by atoms with Crippen LogP contribution in [0.1, 0.15) is 31.2 Å². The summed E-state index contributed by atoms with van der Waals surface area (Å²) < 4.78 is 19.4. The zero-order chi connectivity index (χ0) is 12.5. The van der Waals surface area contributed by atoms with Gasteiger partial charge in [-0.25, -0.2) is 4.39 Å². The molecule has 0 spiro atoms.